The van der Waals surface area contributed by atoms with Gasteiger partial charge in [0.15, 0.2) is 0 Å². The van der Waals surface area contributed by atoms with Gasteiger partial charge in [-0.15, -0.1) is 11.3 Å². The SMILES string of the molecule is Cc1nc(C)c(-c2ccnc(Nc3cccc(I)c3)n2)s1. The summed E-state index contributed by atoms with van der Waals surface area (Å²) >= 11 is 3.94. The Hall–Kier alpha value is -1.54. The molecule has 0 saturated carbocycles. The molecule has 0 bridgehead atoms. The summed E-state index contributed by atoms with van der Waals surface area (Å²) in [7, 11) is 0. The van der Waals surface area contributed by atoms with Crippen molar-refractivity contribution in [1.29, 1.82) is 0 Å². The Morgan fingerprint density at radius 3 is 2.71 bits per heavy atom. The molecule has 0 saturated heterocycles. The first-order chi connectivity index (χ1) is 10.1. The molecule has 0 aliphatic carbocycles. The second-order valence-corrected chi connectivity index (χ2v) is 7.00. The van der Waals surface area contributed by atoms with Crippen LogP contribution in [0.5, 0.6) is 0 Å². The Labute approximate surface area is 140 Å². The standard InChI is InChI=1S/C15H13IN4S/c1-9-14(21-10(2)18-9)13-6-7-17-15(20-13)19-12-5-3-4-11(16)8-12/h3-8H,1-2H3,(H,17,19,20). The summed E-state index contributed by atoms with van der Waals surface area (Å²) in [5.74, 6) is 0.597. The van der Waals surface area contributed by atoms with Gasteiger partial charge >= 0.3 is 0 Å². The van der Waals surface area contributed by atoms with Gasteiger partial charge in [0.2, 0.25) is 5.95 Å². The molecule has 2 heterocycles. The zero-order valence-corrected chi connectivity index (χ0v) is 14.6. The minimum Gasteiger partial charge on any atom is -0.324 e. The quantitative estimate of drug-likeness (QED) is 0.646. The maximum atomic E-state index is 4.59. The summed E-state index contributed by atoms with van der Waals surface area (Å²) in [5.41, 5.74) is 2.90. The predicted octanol–water partition coefficient (Wildman–Crippen LogP) is 4.57. The third-order valence-electron chi connectivity index (χ3n) is 2.87. The number of aryl methyl sites for hydroxylation is 2. The number of hydrogen-bond donors (Lipinski definition) is 1. The number of halogens is 1. The topological polar surface area (TPSA) is 50.7 Å². The van der Waals surface area contributed by atoms with Crippen LogP contribution in [0.3, 0.4) is 0 Å². The van der Waals surface area contributed by atoms with E-state index in [1.807, 2.05) is 38.1 Å². The molecule has 1 aromatic carbocycles. The van der Waals surface area contributed by atoms with Crippen molar-refractivity contribution in [3.8, 4) is 10.6 Å². The van der Waals surface area contributed by atoms with E-state index in [4.69, 9.17) is 0 Å². The molecule has 3 rings (SSSR count). The first-order valence-corrected chi connectivity index (χ1v) is 8.31. The molecule has 21 heavy (non-hydrogen) atoms. The Balaban J connectivity index is 1.92. The minimum atomic E-state index is 0.597. The molecule has 2 aromatic heterocycles. The van der Waals surface area contributed by atoms with Crippen LogP contribution in [0.1, 0.15) is 10.7 Å². The van der Waals surface area contributed by atoms with E-state index >= 15 is 0 Å². The number of nitrogens with one attached hydrogen (secondary N) is 1. The van der Waals surface area contributed by atoms with Crippen molar-refractivity contribution in [3.63, 3.8) is 0 Å². The summed E-state index contributed by atoms with van der Waals surface area (Å²) in [6.07, 6.45) is 1.77. The number of benzene rings is 1. The van der Waals surface area contributed by atoms with Gasteiger partial charge < -0.3 is 5.32 Å². The van der Waals surface area contributed by atoms with Crippen LogP contribution in [0.4, 0.5) is 11.6 Å². The van der Waals surface area contributed by atoms with Crippen molar-refractivity contribution >= 4 is 45.6 Å². The van der Waals surface area contributed by atoms with Gasteiger partial charge in [-0.2, -0.15) is 0 Å². The molecular formula is C15H13IN4S. The van der Waals surface area contributed by atoms with Gasteiger partial charge in [-0.25, -0.2) is 15.0 Å². The van der Waals surface area contributed by atoms with Gasteiger partial charge in [-0.05, 0) is 60.7 Å². The lowest BCUT2D eigenvalue weighted by atomic mass is 10.3. The number of nitrogens with zero attached hydrogens (tertiary/aromatic N) is 3. The molecule has 0 aliphatic rings. The second kappa shape index (κ2) is 6.07. The first-order valence-electron chi connectivity index (χ1n) is 6.42. The number of thiazole rings is 1. The van der Waals surface area contributed by atoms with Gasteiger partial charge in [0.1, 0.15) is 0 Å². The second-order valence-electron chi connectivity index (χ2n) is 4.55. The van der Waals surface area contributed by atoms with Gasteiger partial charge in [0.25, 0.3) is 0 Å². The van der Waals surface area contributed by atoms with Crippen LogP contribution in [0, 0.1) is 17.4 Å². The highest BCUT2D eigenvalue weighted by molar-refractivity contribution is 14.1. The van der Waals surface area contributed by atoms with Gasteiger partial charge in [-0.1, -0.05) is 6.07 Å². The lowest BCUT2D eigenvalue weighted by Crippen LogP contribution is -1.97. The highest BCUT2D eigenvalue weighted by atomic mass is 127. The van der Waals surface area contributed by atoms with Crippen molar-refractivity contribution in [1.82, 2.24) is 15.0 Å². The number of hydrogen-bond acceptors (Lipinski definition) is 5. The van der Waals surface area contributed by atoms with E-state index in [1.54, 1.807) is 17.5 Å². The van der Waals surface area contributed by atoms with Crippen molar-refractivity contribution in [2.24, 2.45) is 0 Å². The molecule has 0 spiro atoms. The normalized spacial score (nSPS) is 10.6. The van der Waals surface area contributed by atoms with E-state index in [-0.39, 0.29) is 0 Å². The third-order valence-corrected chi connectivity index (χ3v) is 4.64. The average Bonchev–Trinajstić information content (AvgIpc) is 2.78. The molecule has 0 radical (unpaired) electrons. The van der Waals surface area contributed by atoms with E-state index in [0.717, 1.165) is 27.0 Å². The monoisotopic (exact) mass is 408 g/mol. The summed E-state index contributed by atoms with van der Waals surface area (Å²) in [6, 6.07) is 10.0. The third kappa shape index (κ3) is 3.38. The van der Waals surface area contributed by atoms with Gasteiger partial charge in [0, 0.05) is 15.5 Å². The maximum Gasteiger partial charge on any atom is 0.227 e. The molecule has 0 amide bonds. The fraction of sp³-hybridized carbons (Fsp3) is 0.133. The van der Waals surface area contributed by atoms with Crippen LogP contribution in [0.2, 0.25) is 0 Å². The van der Waals surface area contributed by atoms with Crippen molar-refractivity contribution < 1.29 is 0 Å². The molecule has 0 aliphatic heterocycles. The highest BCUT2D eigenvalue weighted by Crippen LogP contribution is 2.28. The van der Waals surface area contributed by atoms with E-state index < -0.39 is 0 Å². The number of aromatic nitrogens is 3. The number of rotatable bonds is 3. The van der Waals surface area contributed by atoms with Crippen LogP contribution >= 0.6 is 33.9 Å². The first kappa shape index (κ1) is 14.4. The molecule has 0 fully saturated rings. The van der Waals surface area contributed by atoms with E-state index in [0.29, 0.717) is 5.95 Å². The molecule has 4 nitrogen and oxygen atoms in total. The summed E-state index contributed by atoms with van der Waals surface area (Å²) in [6.45, 7) is 4.01. The van der Waals surface area contributed by atoms with E-state index in [2.05, 4.69) is 48.9 Å². The van der Waals surface area contributed by atoms with Crippen molar-refractivity contribution in [2.75, 3.05) is 5.32 Å². The fourth-order valence-corrected chi connectivity index (χ4v) is 3.44. The van der Waals surface area contributed by atoms with Crippen LogP contribution in [0.15, 0.2) is 36.5 Å². The summed E-state index contributed by atoms with van der Waals surface area (Å²) in [5, 5.41) is 4.29. The van der Waals surface area contributed by atoms with Gasteiger partial charge in [-0.3, -0.25) is 0 Å². The van der Waals surface area contributed by atoms with Gasteiger partial charge in [0.05, 0.1) is 21.3 Å². The predicted molar refractivity (Wildman–Crippen MR) is 95.1 cm³/mol. The Bertz CT molecular complexity index is 785. The zero-order chi connectivity index (χ0) is 14.8. The van der Waals surface area contributed by atoms with E-state index in [9.17, 15) is 0 Å². The van der Waals surface area contributed by atoms with Crippen molar-refractivity contribution in [2.45, 2.75) is 13.8 Å². The van der Waals surface area contributed by atoms with Crippen molar-refractivity contribution in [3.05, 3.63) is 50.8 Å². The number of anilines is 2. The lowest BCUT2D eigenvalue weighted by molar-refractivity contribution is 1.16. The summed E-state index contributed by atoms with van der Waals surface area (Å²) in [4.78, 5) is 14.4. The van der Waals surface area contributed by atoms with Crippen LogP contribution in [-0.2, 0) is 0 Å². The molecule has 0 unspecified atom stereocenters. The molecule has 1 N–H and O–H groups in total. The molecule has 0 atom stereocenters. The molecular weight excluding hydrogens is 395 g/mol. The fourth-order valence-electron chi connectivity index (χ4n) is 2.01. The Morgan fingerprint density at radius 2 is 2.00 bits per heavy atom. The Kier molecular flexibility index (Phi) is 4.16. The highest BCUT2D eigenvalue weighted by Gasteiger charge is 2.10. The minimum absolute atomic E-state index is 0.597. The average molecular weight is 408 g/mol. The Morgan fingerprint density at radius 1 is 1.14 bits per heavy atom. The molecule has 6 heteroatoms. The van der Waals surface area contributed by atoms with E-state index in [1.165, 1.54) is 3.57 Å². The van der Waals surface area contributed by atoms with Crippen LogP contribution < -0.4 is 5.32 Å². The largest absolute Gasteiger partial charge is 0.324 e. The zero-order valence-electron chi connectivity index (χ0n) is 11.6. The molecule has 3 aromatic rings. The van der Waals surface area contributed by atoms with Crippen LogP contribution in [0.25, 0.3) is 10.6 Å². The molecule has 106 valence electrons. The summed E-state index contributed by atoms with van der Waals surface area (Å²) < 4.78 is 1.17. The van der Waals surface area contributed by atoms with Crippen LogP contribution in [-0.4, -0.2) is 15.0 Å². The lowest BCUT2D eigenvalue weighted by Gasteiger charge is -2.06. The smallest absolute Gasteiger partial charge is 0.227 e. The maximum absolute atomic E-state index is 4.59.